The standard InChI is InChI=1S/C14H15BrN2O2/c1-3-19-14(18)13-16-8-9-17(13)10(2)11-6-4-5-7-12(11)15/h4-10H,3H2,1-2H3/t10-/m1/s1. The van der Waals surface area contributed by atoms with Crippen LogP contribution in [-0.2, 0) is 4.74 Å². The molecule has 100 valence electrons. The zero-order valence-electron chi connectivity index (χ0n) is 10.8. The number of imidazole rings is 1. The molecule has 2 aromatic rings. The van der Waals surface area contributed by atoms with Gasteiger partial charge in [-0.05, 0) is 25.5 Å². The molecular weight excluding hydrogens is 308 g/mol. The van der Waals surface area contributed by atoms with Crippen molar-refractivity contribution in [2.75, 3.05) is 6.61 Å². The first-order valence-electron chi connectivity index (χ1n) is 6.09. The lowest BCUT2D eigenvalue weighted by Gasteiger charge is -2.17. The zero-order chi connectivity index (χ0) is 13.8. The predicted octanol–water partition coefficient (Wildman–Crippen LogP) is 3.43. The molecule has 1 aromatic carbocycles. The predicted molar refractivity (Wildman–Crippen MR) is 76.1 cm³/mol. The Hall–Kier alpha value is -1.62. The minimum Gasteiger partial charge on any atom is -0.460 e. The number of carbonyl (C=O) groups is 1. The molecule has 0 radical (unpaired) electrons. The fraction of sp³-hybridized carbons (Fsp3) is 0.286. The van der Waals surface area contributed by atoms with Gasteiger partial charge in [-0.25, -0.2) is 9.78 Å². The van der Waals surface area contributed by atoms with Crippen LogP contribution in [-0.4, -0.2) is 22.1 Å². The van der Waals surface area contributed by atoms with Crippen molar-refractivity contribution in [3.8, 4) is 0 Å². The molecule has 0 aliphatic heterocycles. The lowest BCUT2D eigenvalue weighted by molar-refractivity contribution is 0.0505. The zero-order valence-corrected chi connectivity index (χ0v) is 12.4. The molecule has 2 rings (SSSR count). The molecule has 0 spiro atoms. The van der Waals surface area contributed by atoms with Crippen LogP contribution in [0, 0.1) is 0 Å². The molecule has 0 saturated carbocycles. The summed E-state index contributed by atoms with van der Waals surface area (Å²) in [5, 5.41) is 0. The second-order valence-electron chi connectivity index (χ2n) is 4.08. The monoisotopic (exact) mass is 322 g/mol. The van der Waals surface area contributed by atoms with Crippen molar-refractivity contribution in [2.24, 2.45) is 0 Å². The molecule has 1 aromatic heterocycles. The number of hydrogen-bond acceptors (Lipinski definition) is 3. The quantitative estimate of drug-likeness (QED) is 0.810. The van der Waals surface area contributed by atoms with Gasteiger partial charge in [0.15, 0.2) is 0 Å². The molecule has 0 aliphatic carbocycles. The number of halogens is 1. The summed E-state index contributed by atoms with van der Waals surface area (Å²) >= 11 is 3.52. The third-order valence-electron chi connectivity index (χ3n) is 2.90. The van der Waals surface area contributed by atoms with E-state index in [4.69, 9.17) is 4.74 Å². The summed E-state index contributed by atoms with van der Waals surface area (Å²) in [5.74, 6) is -0.0727. The summed E-state index contributed by atoms with van der Waals surface area (Å²) < 4.78 is 7.83. The van der Waals surface area contributed by atoms with Crippen molar-refractivity contribution >= 4 is 21.9 Å². The van der Waals surface area contributed by atoms with Crippen molar-refractivity contribution in [2.45, 2.75) is 19.9 Å². The van der Waals surface area contributed by atoms with Crippen molar-refractivity contribution in [1.29, 1.82) is 0 Å². The van der Waals surface area contributed by atoms with Gasteiger partial charge in [-0.2, -0.15) is 0 Å². The molecule has 19 heavy (non-hydrogen) atoms. The SMILES string of the molecule is CCOC(=O)c1nccn1[C@H](C)c1ccccc1Br. The average Bonchev–Trinajstić information content (AvgIpc) is 2.88. The van der Waals surface area contributed by atoms with Crippen molar-refractivity contribution < 1.29 is 9.53 Å². The van der Waals surface area contributed by atoms with Crippen LogP contribution < -0.4 is 0 Å². The summed E-state index contributed by atoms with van der Waals surface area (Å²) in [6, 6.07) is 7.92. The molecule has 1 heterocycles. The van der Waals surface area contributed by atoms with Crippen LogP contribution >= 0.6 is 15.9 Å². The smallest absolute Gasteiger partial charge is 0.374 e. The normalized spacial score (nSPS) is 12.2. The molecule has 0 bridgehead atoms. The van der Waals surface area contributed by atoms with E-state index in [0.717, 1.165) is 10.0 Å². The summed E-state index contributed by atoms with van der Waals surface area (Å²) in [6.07, 6.45) is 3.40. The van der Waals surface area contributed by atoms with Gasteiger partial charge < -0.3 is 9.30 Å². The van der Waals surface area contributed by atoms with Gasteiger partial charge in [-0.3, -0.25) is 0 Å². The topological polar surface area (TPSA) is 44.1 Å². The molecule has 5 heteroatoms. The Morgan fingerprint density at radius 2 is 2.21 bits per heavy atom. The van der Waals surface area contributed by atoms with E-state index < -0.39 is 5.97 Å². The number of ether oxygens (including phenoxy) is 1. The van der Waals surface area contributed by atoms with E-state index in [9.17, 15) is 4.79 Å². The summed E-state index contributed by atoms with van der Waals surface area (Å²) in [6.45, 7) is 4.14. The number of carbonyl (C=O) groups excluding carboxylic acids is 1. The largest absolute Gasteiger partial charge is 0.460 e. The van der Waals surface area contributed by atoms with Crippen LogP contribution in [0.4, 0.5) is 0 Å². The van der Waals surface area contributed by atoms with E-state index in [1.54, 1.807) is 19.3 Å². The summed E-state index contributed by atoms with van der Waals surface area (Å²) in [5.41, 5.74) is 1.09. The van der Waals surface area contributed by atoms with Crippen LogP contribution in [0.15, 0.2) is 41.1 Å². The third-order valence-corrected chi connectivity index (χ3v) is 3.62. The second kappa shape index (κ2) is 6.02. The minimum absolute atomic E-state index is 0.00233. The van der Waals surface area contributed by atoms with Gasteiger partial charge in [0.05, 0.1) is 12.6 Å². The highest BCUT2D eigenvalue weighted by atomic mass is 79.9. The Morgan fingerprint density at radius 3 is 2.89 bits per heavy atom. The maximum absolute atomic E-state index is 11.8. The molecule has 0 aliphatic rings. The Balaban J connectivity index is 2.35. The summed E-state index contributed by atoms with van der Waals surface area (Å²) in [7, 11) is 0. The molecule has 0 unspecified atom stereocenters. The number of hydrogen-bond donors (Lipinski definition) is 0. The molecule has 1 atom stereocenters. The highest BCUT2D eigenvalue weighted by Crippen LogP contribution is 2.26. The molecule has 0 amide bonds. The summed E-state index contributed by atoms with van der Waals surface area (Å²) in [4.78, 5) is 15.9. The van der Waals surface area contributed by atoms with E-state index in [1.165, 1.54) is 0 Å². The van der Waals surface area contributed by atoms with Gasteiger partial charge in [-0.1, -0.05) is 34.1 Å². The fourth-order valence-electron chi connectivity index (χ4n) is 1.94. The van der Waals surface area contributed by atoms with E-state index in [2.05, 4.69) is 20.9 Å². The Bertz CT molecular complexity index is 580. The van der Waals surface area contributed by atoms with Gasteiger partial charge in [0, 0.05) is 16.9 Å². The first-order chi connectivity index (χ1) is 9.15. The first-order valence-corrected chi connectivity index (χ1v) is 6.88. The van der Waals surface area contributed by atoms with E-state index in [0.29, 0.717) is 12.4 Å². The van der Waals surface area contributed by atoms with Gasteiger partial charge in [-0.15, -0.1) is 0 Å². The van der Waals surface area contributed by atoms with Crippen molar-refractivity contribution in [1.82, 2.24) is 9.55 Å². The highest BCUT2D eigenvalue weighted by molar-refractivity contribution is 9.10. The minimum atomic E-state index is -0.397. The van der Waals surface area contributed by atoms with Crippen LogP contribution in [0.5, 0.6) is 0 Å². The van der Waals surface area contributed by atoms with E-state index in [-0.39, 0.29) is 6.04 Å². The third kappa shape index (κ3) is 2.87. The van der Waals surface area contributed by atoms with Crippen LogP contribution in [0.1, 0.15) is 36.1 Å². The molecule has 0 saturated heterocycles. The molecular formula is C14H15BrN2O2. The molecule has 4 nitrogen and oxygen atoms in total. The highest BCUT2D eigenvalue weighted by Gasteiger charge is 2.19. The van der Waals surface area contributed by atoms with Gasteiger partial charge in [0.1, 0.15) is 0 Å². The second-order valence-corrected chi connectivity index (χ2v) is 4.93. The number of nitrogens with zero attached hydrogens (tertiary/aromatic N) is 2. The number of rotatable bonds is 4. The fourth-order valence-corrected chi connectivity index (χ4v) is 2.56. The molecule has 0 fully saturated rings. The van der Waals surface area contributed by atoms with Crippen molar-refractivity contribution in [3.05, 3.63) is 52.5 Å². The Morgan fingerprint density at radius 1 is 1.47 bits per heavy atom. The van der Waals surface area contributed by atoms with E-state index >= 15 is 0 Å². The lowest BCUT2D eigenvalue weighted by atomic mass is 10.1. The number of benzene rings is 1. The van der Waals surface area contributed by atoms with Crippen LogP contribution in [0.2, 0.25) is 0 Å². The first kappa shape index (κ1) is 13.8. The number of aromatic nitrogens is 2. The number of esters is 1. The van der Waals surface area contributed by atoms with Gasteiger partial charge >= 0.3 is 5.97 Å². The molecule has 0 N–H and O–H groups in total. The van der Waals surface area contributed by atoms with E-state index in [1.807, 2.05) is 35.8 Å². The lowest BCUT2D eigenvalue weighted by Crippen LogP contribution is -2.16. The van der Waals surface area contributed by atoms with Crippen LogP contribution in [0.25, 0.3) is 0 Å². The van der Waals surface area contributed by atoms with Crippen molar-refractivity contribution in [3.63, 3.8) is 0 Å². The Labute approximate surface area is 120 Å². The van der Waals surface area contributed by atoms with Gasteiger partial charge in [0.2, 0.25) is 5.82 Å². The maximum Gasteiger partial charge on any atom is 0.374 e. The maximum atomic E-state index is 11.8. The Kier molecular flexibility index (Phi) is 4.37. The van der Waals surface area contributed by atoms with Gasteiger partial charge in [0.25, 0.3) is 0 Å². The average molecular weight is 323 g/mol. The van der Waals surface area contributed by atoms with Crippen LogP contribution in [0.3, 0.4) is 0 Å².